The molecule has 33 heavy (non-hydrogen) atoms. The number of rotatable bonds is 3. The van der Waals surface area contributed by atoms with Gasteiger partial charge in [-0.05, 0) is 54.5 Å². The van der Waals surface area contributed by atoms with Crippen LogP contribution in [0.4, 0.5) is 21.9 Å². The molecule has 6 rings (SSSR count). The Balaban J connectivity index is 1.49. The predicted octanol–water partition coefficient (Wildman–Crippen LogP) is 3.55. The number of para-hydroxylation sites is 1. The van der Waals surface area contributed by atoms with Crippen molar-refractivity contribution in [2.45, 2.75) is 24.7 Å². The Hall–Kier alpha value is -3.39. The molecular weight excluding hydrogens is 424 g/mol. The van der Waals surface area contributed by atoms with Gasteiger partial charge in [-0.25, -0.2) is 9.59 Å². The first-order valence-corrected chi connectivity index (χ1v) is 11.2. The maximum atomic E-state index is 14.1. The molecule has 2 aromatic rings. The molecule has 8 heteroatoms. The van der Waals surface area contributed by atoms with Crippen molar-refractivity contribution in [3.8, 4) is 0 Å². The molecule has 0 aromatic heterocycles. The van der Waals surface area contributed by atoms with Crippen LogP contribution in [0.3, 0.4) is 0 Å². The molecule has 2 spiro atoms. The van der Waals surface area contributed by atoms with E-state index in [0.717, 1.165) is 30.5 Å². The van der Waals surface area contributed by atoms with Gasteiger partial charge in [-0.3, -0.25) is 14.6 Å². The topological polar surface area (TPSA) is 85.4 Å². The molecule has 3 aliphatic heterocycles. The summed E-state index contributed by atoms with van der Waals surface area (Å²) >= 11 is 0. The van der Waals surface area contributed by atoms with Crippen LogP contribution >= 0.6 is 0 Å². The molecule has 8 nitrogen and oxygen atoms in total. The van der Waals surface area contributed by atoms with Crippen molar-refractivity contribution in [2.75, 3.05) is 43.3 Å². The number of hydrogen-bond acceptors (Lipinski definition) is 6. The number of methoxy groups -OCH3 is 1. The van der Waals surface area contributed by atoms with E-state index in [4.69, 9.17) is 14.2 Å². The minimum Gasteiger partial charge on any atom is -0.465 e. The quantitative estimate of drug-likeness (QED) is 0.668. The molecular formula is C25H24N2O6. The van der Waals surface area contributed by atoms with Crippen LogP contribution in [0.25, 0.3) is 0 Å². The molecule has 2 amide bonds. The summed E-state index contributed by atoms with van der Waals surface area (Å²) in [4.78, 5) is 42.0. The third-order valence-corrected chi connectivity index (χ3v) is 7.66. The molecule has 3 heterocycles. The van der Waals surface area contributed by atoms with Crippen molar-refractivity contribution in [1.82, 2.24) is 0 Å². The number of anilines is 3. The van der Waals surface area contributed by atoms with Gasteiger partial charge in [0.15, 0.2) is 0 Å². The Morgan fingerprint density at radius 2 is 1.79 bits per heavy atom. The monoisotopic (exact) mass is 448 g/mol. The molecule has 4 aliphatic rings. The van der Waals surface area contributed by atoms with E-state index in [-0.39, 0.29) is 23.5 Å². The van der Waals surface area contributed by atoms with Crippen LogP contribution < -0.4 is 9.80 Å². The molecule has 170 valence electrons. The van der Waals surface area contributed by atoms with Gasteiger partial charge in [0.1, 0.15) is 6.61 Å². The molecule has 3 fully saturated rings. The predicted molar refractivity (Wildman–Crippen MR) is 119 cm³/mol. The largest absolute Gasteiger partial charge is 0.465 e. The van der Waals surface area contributed by atoms with Crippen LogP contribution in [-0.2, 0) is 24.4 Å². The van der Waals surface area contributed by atoms with Crippen molar-refractivity contribution in [3.63, 3.8) is 0 Å². The van der Waals surface area contributed by atoms with Crippen LogP contribution in [0.5, 0.6) is 0 Å². The summed E-state index contributed by atoms with van der Waals surface area (Å²) in [6.07, 6.45) is 2.04. The van der Waals surface area contributed by atoms with Gasteiger partial charge in [0.25, 0.3) is 0 Å². The Bertz CT molecular complexity index is 1190. The zero-order valence-electron chi connectivity index (χ0n) is 18.3. The highest BCUT2D eigenvalue weighted by atomic mass is 16.6. The first-order valence-electron chi connectivity index (χ1n) is 11.2. The first kappa shape index (κ1) is 20.2. The molecule has 0 unspecified atom stereocenters. The number of esters is 1. The maximum absolute atomic E-state index is 14.1. The van der Waals surface area contributed by atoms with Gasteiger partial charge >= 0.3 is 12.1 Å². The number of amides is 2. The second-order valence-corrected chi connectivity index (χ2v) is 9.13. The third-order valence-electron chi connectivity index (χ3n) is 7.66. The first-order chi connectivity index (χ1) is 16.0. The fourth-order valence-electron chi connectivity index (χ4n) is 5.96. The highest BCUT2D eigenvalue weighted by Gasteiger charge is 2.76. The highest BCUT2D eigenvalue weighted by molar-refractivity contribution is 6.16. The van der Waals surface area contributed by atoms with E-state index < -0.39 is 17.5 Å². The summed E-state index contributed by atoms with van der Waals surface area (Å²) in [6, 6.07) is 12.9. The van der Waals surface area contributed by atoms with Crippen molar-refractivity contribution in [3.05, 3.63) is 53.6 Å². The fourth-order valence-corrected chi connectivity index (χ4v) is 5.96. The molecule has 2 aromatic carbocycles. The molecule has 0 bridgehead atoms. The zero-order chi connectivity index (χ0) is 22.8. The zero-order valence-corrected chi connectivity index (χ0v) is 18.3. The van der Waals surface area contributed by atoms with Crippen LogP contribution in [-0.4, -0.2) is 51.4 Å². The number of nitrogens with zero attached hydrogens (tertiary/aromatic N) is 2. The minimum atomic E-state index is -0.568. The summed E-state index contributed by atoms with van der Waals surface area (Å²) in [7, 11) is 1.31. The molecule has 0 radical (unpaired) electrons. The Morgan fingerprint density at radius 1 is 1.03 bits per heavy atom. The van der Waals surface area contributed by atoms with E-state index in [1.54, 1.807) is 23.1 Å². The smallest absolute Gasteiger partial charge is 0.414 e. The Morgan fingerprint density at radius 3 is 2.52 bits per heavy atom. The Labute approximate surface area is 191 Å². The van der Waals surface area contributed by atoms with Crippen LogP contribution in [0.2, 0.25) is 0 Å². The summed E-state index contributed by atoms with van der Waals surface area (Å²) in [5, 5.41) is 0. The van der Waals surface area contributed by atoms with E-state index in [2.05, 4.69) is 0 Å². The average molecular weight is 448 g/mol. The number of cyclic esters (lactones) is 1. The van der Waals surface area contributed by atoms with Crippen LogP contribution in [0.15, 0.2) is 42.5 Å². The summed E-state index contributed by atoms with van der Waals surface area (Å²) in [6.45, 7) is 1.97. The van der Waals surface area contributed by atoms with E-state index in [1.807, 2.05) is 24.3 Å². The standard InChI is InChI=1S/C25H24N2O6/c1-31-21(28)16-12-17(26-8-11-33-23(26)30)14-18(13-16)27-20-5-3-2-4-19(20)25(22(27)29)15-24(25)6-9-32-10-7-24/h2-5,12-14H,6-11,15H2,1H3/t25-/m0/s1. The second-order valence-electron chi connectivity index (χ2n) is 9.13. The maximum Gasteiger partial charge on any atom is 0.414 e. The Kier molecular flexibility index (Phi) is 4.32. The van der Waals surface area contributed by atoms with Gasteiger partial charge in [-0.1, -0.05) is 18.2 Å². The number of fused-ring (bicyclic) bond motifs is 3. The number of carbonyl (C=O) groups is 3. The highest BCUT2D eigenvalue weighted by Crippen LogP contribution is 2.74. The summed E-state index contributed by atoms with van der Waals surface area (Å²) < 4.78 is 15.6. The molecule has 1 atom stereocenters. The number of carbonyl (C=O) groups excluding carboxylic acids is 3. The number of hydrogen-bond donors (Lipinski definition) is 0. The van der Waals surface area contributed by atoms with Gasteiger partial charge < -0.3 is 14.2 Å². The van der Waals surface area contributed by atoms with Crippen molar-refractivity contribution < 1.29 is 28.6 Å². The van der Waals surface area contributed by atoms with Gasteiger partial charge in [0, 0.05) is 13.2 Å². The fraction of sp³-hybridized carbons (Fsp3) is 0.400. The van der Waals surface area contributed by atoms with E-state index in [1.165, 1.54) is 12.0 Å². The third kappa shape index (κ3) is 2.70. The summed E-state index contributed by atoms with van der Waals surface area (Å²) in [5.41, 5.74) is 2.50. The lowest BCUT2D eigenvalue weighted by Gasteiger charge is -2.27. The van der Waals surface area contributed by atoms with Crippen molar-refractivity contribution >= 4 is 35.0 Å². The molecule has 1 saturated carbocycles. The van der Waals surface area contributed by atoms with Crippen molar-refractivity contribution in [2.24, 2.45) is 5.41 Å². The minimum absolute atomic E-state index is 0.0163. The SMILES string of the molecule is COC(=O)c1cc(N2CCOC2=O)cc(N2C(=O)[C@]3(CC34CCOCC4)c3ccccc32)c1. The summed E-state index contributed by atoms with van der Waals surface area (Å²) in [5.74, 6) is -0.518. The van der Waals surface area contributed by atoms with Crippen molar-refractivity contribution in [1.29, 1.82) is 0 Å². The number of ether oxygens (including phenoxy) is 3. The van der Waals surface area contributed by atoms with Gasteiger partial charge in [0.2, 0.25) is 5.91 Å². The van der Waals surface area contributed by atoms with E-state index >= 15 is 0 Å². The normalized spacial score (nSPS) is 24.9. The molecule has 1 aliphatic carbocycles. The lowest BCUT2D eigenvalue weighted by molar-refractivity contribution is -0.121. The van der Waals surface area contributed by atoms with Crippen LogP contribution in [0, 0.1) is 5.41 Å². The van der Waals surface area contributed by atoms with Gasteiger partial charge in [0.05, 0.1) is 41.7 Å². The lowest BCUT2D eigenvalue weighted by Crippen LogP contribution is -2.35. The van der Waals surface area contributed by atoms with E-state index in [0.29, 0.717) is 31.1 Å². The number of benzene rings is 2. The van der Waals surface area contributed by atoms with Gasteiger partial charge in [-0.15, -0.1) is 0 Å². The molecule has 0 N–H and O–H groups in total. The van der Waals surface area contributed by atoms with Gasteiger partial charge in [-0.2, -0.15) is 0 Å². The molecule has 2 saturated heterocycles. The van der Waals surface area contributed by atoms with Crippen LogP contribution in [0.1, 0.15) is 35.2 Å². The average Bonchev–Trinajstić information content (AvgIpc) is 3.12. The lowest BCUT2D eigenvalue weighted by atomic mass is 9.82. The van der Waals surface area contributed by atoms with E-state index in [9.17, 15) is 14.4 Å². The second kappa shape index (κ2) is 7.05.